The zero-order chi connectivity index (χ0) is 13.3. The number of para-hydroxylation sites is 1. The van der Waals surface area contributed by atoms with Crippen molar-refractivity contribution in [2.24, 2.45) is 0 Å². The van der Waals surface area contributed by atoms with Crippen LogP contribution in [-0.2, 0) is 9.53 Å². The Labute approximate surface area is 105 Å². The minimum atomic E-state index is -0.975. The molecule has 1 amide bonds. The van der Waals surface area contributed by atoms with Crippen LogP contribution in [0.15, 0.2) is 24.3 Å². The molecule has 0 spiro atoms. The van der Waals surface area contributed by atoms with Crippen LogP contribution < -0.4 is 4.90 Å². The van der Waals surface area contributed by atoms with E-state index in [1.54, 1.807) is 6.92 Å². The highest BCUT2D eigenvalue weighted by atomic mass is 16.6. The molecule has 5 nitrogen and oxygen atoms in total. The Kier molecular flexibility index (Phi) is 2.98. The molecule has 2 rings (SSSR count). The fraction of sp³-hybridized carbons (Fsp3) is 0.385. The smallest absolute Gasteiger partial charge is 0.415 e. The van der Waals surface area contributed by atoms with E-state index in [1.165, 1.54) is 4.90 Å². The molecule has 0 saturated carbocycles. The molecule has 0 aliphatic carbocycles. The fourth-order valence-electron chi connectivity index (χ4n) is 2.16. The molecule has 1 aliphatic rings. The van der Waals surface area contributed by atoms with Gasteiger partial charge >= 0.3 is 12.1 Å². The van der Waals surface area contributed by atoms with Crippen molar-refractivity contribution in [3.8, 4) is 0 Å². The number of cyclic esters (lactones) is 1. The number of carboxylic acid groups (broad SMARTS) is 1. The second kappa shape index (κ2) is 4.33. The summed E-state index contributed by atoms with van der Waals surface area (Å²) in [5.41, 5.74) is 0.746. The van der Waals surface area contributed by atoms with Gasteiger partial charge in [0.15, 0.2) is 0 Å². The van der Waals surface area contributed by atoms with E-state index in [-0.39, 0.29) is 13.0 Å². The number of carbonyl (C=O) groups is 2. The molecular weight excluding hydrogens is 234 g/mol. The third-order valence-electron chi connectivity index (χ3n) is 2.98. The number of benzene rings is 1. The maximum absolute atomic E-state index is 11.8. The van der Waals surface area contributed by atoms with Crippen LogP contribution in [0.5, 0.6) is 0 Å². The monoisotopic (exact) mass is 249 g/mol. The lowest BCUT2D eigenvalue weighted by Crippen LogP contribution is -2.33. The highest BCUT2D eigenvalue weighted by Gasteiger charge is 2.43. The summed E-state index contributed by atoms with van der Waals surface area (Å²) >= 11 is 0. The van der Waals surface area contributed by atoms with Crippen molar-refractivity contribution in [3.05, 3.63) is 29.8 Å². The van der Waals surface area contributed by atoms with Gasteiger partial charge in [-0.15, -0.1) is 0 Å². The average Bonchev–Trinajstić information content (AvgIpc) is 2.53. The van der Waals surface area contributed by atoms with Gasteiger partial charge in [-0.3, -0.25) is 9.69 Å². The van der Waals surface area contributed by atoms with E-state index in [0.29, 0.717) is 0 Å². The molecule has 18 heavy (non-hydrogen) atoms. The highest BCUT2D eigenvalue weighted by molar-refractivity contribution is 5.91. The predicted octanol–water partition coefficient (Wildman–Crippen LogP) is 2.19. The van der Waals surface area contributed by atoms with Gasteiger partial charge in [0.1, 0.15) is 5.60 Å². The summed E-state index contributed by atoms with van der Waals surface area (Å²) in [5, 5.41) is 8.83. The maximum atomic E-state index is 11.8. The van der Waals surface area contributed by atoms with Gasteiger partial charge in [-0.1, -0.05) is 18.2 Å². The van der Waals surface area contributed by atoms with Crippen molar-refractivity contribution >= 4 is 17.7 Å². The summed E-state index contributed by atoms with van der Waals surface area (Å²) in [4.78, 5) is 24.1. The van der Waals surface area contributed by atoms with Crippen LogP contribution in [0.1, 0.15) is 18.9 Å². The molecular formula is C13H15NO4. The van der Waals surface area contributed by atoms with Gasteiger partial charge in [0.05, 0.1) is 18.7 Å². The molecule has 0 aromatic heterocycles. The Balaban J connectivity index is 2.25. The molecule has 1 saturated heterocycles. The van der Waals surface area contributed by atoms with Crippen LogP contribution in [0, 0.1) is 6.92 Å². The van der Waals surface area contributed by atoms with Crippen molar-refractivity contribution in [1.29, 1.82) is 0 Å². The second-order valence-corrected chi connectivity index (χ2v) is 4.76. The van der Waals surface area contributed by atoms with Gasteiger partial charge in [-0.05, 0) is 25.5 Å². The molecule has 5 heteroatoms. The first-order valence-electron chi connectivity index (χ1n) is 5.69. The van der Waals surface area contributed by atoms with Crippen LogP contribution in [0.2, 0.25) is 0 Å². The lowest BCUT2D eigenvalue weighted by atomic mass is 10.0. The lowest BCUT2D eigenvalue weighted by Gasteiger charge is -2.19. The van der Waals surface area contributed by atoms with Gasteiger partial charge in [-0.2, -0.15) is 0 Å². The minimum Gasteiger partial charge on any atom is -0.481 e. The van der Waals surface area contributed by atoms with Crippen LogP contribution in [0.25, 0.3) is 0 Å². The van der Waals surface area contributed by atoms with Gasteiger partial charge in [0, 0.05) is 0 Å². The van der Waals surface area contributed by atoms with Crippen molar-refractivity contribution < 1.29 is 19.4 Å². The van der Waals surface area contributed by atoms with E-state index in [0.717, 1.165) is 11.3 Å². The van der Waals surface area contributed by atoms with E-state index in [2.05, 4.69) is 0 Å². The average molecular weight is 249 g/mol. The summed E-state index contributed by atoms with van der Waals surface area (Å²) in [6, 6.07) is 7.44. The normalized spacial score (nSPS) is 23.0. The van der Waals surface area contributed by atoms with E-state index in [4.69, 9.17) is 9.84 Å². The third kappa shape index (κ3) is 2.30. The number of amides is 1. The van der Waals surface area contributed by atoms with Crippen LogP contribution >= 0.6 is 0 Å². The predicted molar refractivity (Wildman–Crippen MR) is 65.7 cm³/mol. The molecule has 0 radical (unpaired) electrons. The lowest BCUT2D eigenvalue weighted by molar-refractivity contribution is -0.140. The van der Waals surface area contributed by atoms with E-state index in [9.17, 15) is 9.59 Å². The highest BCUT2D eigenvalue weighted by Crippen LogP contribution is 2.31. The topological polar surface area (TPSA) is 66.8 Å². The SMILES string of the molecule is Cc1ccccc1N1CC(C)(CC(=O)O)OC1=O. The van der Waals surface area contributed by atoms with Gasteiger partial charge in [0.25, 0.3) is 0 Å². The molecule has 1 unspecified atom stereocenters. The standard InChI is InChI=1S/C13H15NO4/c1-9-5-3-4-6-10(9)14-8-13(2,7-11(15)16)18-12(14)17/h3-6H,7-8H2,1-2H3,(H,15,16). The molecule has 1 N–H and O–H groups in total. The van der Waals surface area contributed by atoms with Gasteiger partial charge in [-0.25, -0.2) is 4.79 Å². The summed E-state index contributed by atoms with van der Waals surface area (Å²) in [7, 11) is 0. The molecule has 1 fully saturated rings. The number of hydrogen-bond donors (Lipinski definition) is 1. The van der Waals surface area contributed by atoms with Crippen LogP contribution in [-0.4, -0.2) is 29.3 Å². The number of aryl methyl sites for hydroxylation is 1. The summed E-state index contributed by atoms with van der Waals surface area (Å²) in [6.07, 6.45) is -0.686. The zero-order valence-electron chi connectivity index (χ0n) is 10.3. The Bertz CT molecular complexity index is 500. The molecule has 1 heterocycles. The number of rotatable bonds is 3. The van der Waals surface area contributed by atoms with Crippen molar-refractivity contribution in [1.82, 2.24) is 0 Å². The number of aliphatic carboxylic acids is 1. The molecule has 1 aliphatic heterocycles. The molecule has 1 aromatic carbocycles. The first kappa shape index (κ1) is 12.4. The second-order valence-electron chi connectivity index (χ2n) is 4.76. The summed E-state index contributed by atoms with van der Waals surface area (Å²) in [6.45, 7) is 3.79. The Morgan fingerprint density at radius 1 is 1.50 bits per heavy atom. The molecule has 1 atom stereocenters. The Morgan fingerprint density at radius 2 is 2.17 bits per heavy atom. The van der Waals surface area contributed by atoms with Crippen molar-refractivity contribution in [3.63, 3.8) is 0 Å². The van der Waals surface area contributed by atoms with Gasteiger partial charge < -0.3 is 9.84 Å². The number of ether oxygens (including phenoxy) is 1. The first-order chi connectivity index (χ1) is 8.41. The minimum absolute atomic E-state index is 0.193. The molecule has 96 valence electrons. The largest absolute Gasteiger partial charge is 0.481 e. The van der Waals surface area contributed by atoms with Crippen molar-refractivity contribution in [2.75, 3.05) is 11.4 Å². The number of carboxylic acids is 1. The summed E-state index contributed by atoms with van der Waals surface area (Å²) < 4.78 is 5.19. The fourth-order valence-corrected chi connectivity index (χ4v) is 2.16. The first-order valence-corrected chi connectivity index (χ1v) is 5.69. The molecule has 0 bridgehead atoms. The van der Waals surface area contributed by atoms with E-state index >= 15 is 0 Å². The Morgan fingerprint density at radius 3 is 2.78 bits per heavy atom. The van der Waals surface area contributed by atoms with Crippen LogP contribution in [0.3, 0.4) is 0 Å². The van der Waals surface area contributed by atoms with Crippen molar-refractivity contribution in [2.45, 2.75) is 25.9 Å². The van der Waals surface area contributed by atoms with E-state index in [1.807, 2.05) is 31.2 Å². The maximum Gasteiger partial charge on any atom is 0.415 e. The number of anilines is 1. The number of carbonyl (C=O) groups excluding carboxylic acids is 1. The third-order valence-corrected chi connectivity index (χ3v) is 2.98. The number of nitrogens with zero attached hydrogens (tertiary/aromatic N) is 1. The van der Waals surface area contributed by atoms with Crippen LogP contribution in [0.4, 0.5) is 10.5 Å². The summed E-state index contributed by atoms with van der Waals surface area (Å²) in [5.74, 6) is -0.975. The quantitative estimate of drug-likeness (QED) is 0.891. The Hall–Kier alpha value is -2.04. The van der Waals surface area contributed by atoms with E-state index < -0.39 is 17.7 Å². The number of hydrogen-bond acceptors (Lipinski definition) is 3. The molecule has 1 aromatic rings. The zero-order valence-corrected chi connectivity index (χ0v) is 10.3. The van der Waals surface area contributed by atoms with Gasteiger partial charge in [0.2, 0.25) is 0 Å².